The predicted molar refractivity (Wildman–Crippen MR) is 84.1 cm³/mol. The number of carbonyl (C=O) groups excluding carboxylic acids is 2. The Balaban J connectivity index is 2.22. The third-order valence-corrected chi connectivity index (χ3v) is 4.08. The zero-order valence-electron chi connectivity index (χ0n) is 13.0. The number of carbonyl (C=O) groups is 3. The summed E-state index contributed by atoms with van der Waals surface area (Å²) in [6, 6.07) is 4.93. The number of esters is 1. The van der Waals surface area contributed by atoms with E-state index in [-0.39, 0.29) is 5.91 Å². The highest BCUT2D eigenvalue weighted by molar-refractivity contribution is 5.98. The Hall–Kier alpha value is -2.63. The van der Waals surface area contributed by atoms with Gasteiger partial charge in [0.1, 0.15) is 0 Å². The number of allylic oxidation sites excluding steroid dienone is 2. The van der Waals surface area contributed by atoms with Crippen molar-refractivity contribution >= 4 is 23.5 Å². The van der Waals surface area contributed by atoms with Crippen molar-refractivity contribution < 1.29 is 24.2 Å². The molecule has 6 heteroatoms. The van der Waals surface area contributed by atoms with Crippen LogP contribution in [0, 0.1) is 18.8 Å². The van der Waals surface area contributed by atoms with Gasteiger partial charge in [-0.05, 0) is 37.5 Å². The van der Waals surface area contributed by atoms with E-state index in [0.29, 0.717) is 29.7 Å². The molecule has 2 N–H and O–H groups in total. The summed E-state index contributed by atoms with van der Waals surface area (Å²) in [5.41, 5.74) is 1.44. The summed E-state index contributed by atoms with van der Waals surface area (Å²) in [5, 5.41) is 12.0. The van der Waals surface area contributed by atoms with E-state index < -0.39 is 23.8 Å². The Morgan fingerprint density at radius 1 is 1.17 bits per heavy atom. The van der Waals surface area contributed by atoms with Crippen LogP contribution in [0.3, 0.4) is 0 Å². The van der Waals surface area contributed by atoms with E-state index in [0.717, 1.165) is 0 Å². The molecular formula is C17H19NO5. The van der Waals surface area contributed by atoms with Crippen LogP contribution in [0.1, 0.15) is 28.8 Å². The molecule has 0 heterocycles. The van der Waals surface area contributed by atoms with Crippen LogP contribution in [0.5, 0.6) is 0 Å². The third kappa shape index (κ3) is 3.59. The fourth-order valence-corrected chi connectivity index (χ4v) is 2.70. The van der Waals surface area contributed by atoms with Crippen molar-refractivity contribution in [1.29, 1.82) is 0 Å². The number of benzene rings is 1. The standard InChI is InChI=1S/C17H19NO5/c1-10-11(17(22)23-2)8-5-9-14(10)18-15(19)12-6-3-4-7-13(12)16(20)21/h3-5,8-9,12-13H,6-7H2,1-2H3,(H,18,19)(H,20,21). The molecule has 0 spiro atoms. The van der Waals surface area contributed by atoms with Crippen LogP contribution in [-0.2, 0) is 14.3 Å². The SMILES string of the molecule is COC(=O)c1cccc(NC(=O)C2CC=CCC2C(=O)O)c1C. The topological polar surface area (TPSA) is 92.7 Å². The van der Waals surface area contributed by atoms with Gasteiger partial charge in [0, 0.05) is 5.69 Å². The molecular weight excluding hydrogens is 298 g/mol. The number of aliphatic carboxylic acids is 1. The van der Waals surface area contributed by atoms with Gasteiger partial charge in [-0.1, -0.05) is 18.2 Å². The number of hydrogen-bond acceptors (Lipinski definition) is 4. The first kappa shape index (κ1) is 16.7. The molecule has 0 aromatic heterocycles. The van der Waals surface area contributed by atoms with E-state index in [9.17, 15) is 19.5 Å². The lowest BCUT2D eigenvalue weighted by Gasteiger charge is -2.24. The number of hydrogen-bond donors (Lipinski definition) is 2. The summed E-state index contributed by atoms with van der Waals surface area (Å²) in [6.45, 7) is 1.71. The largest absolute Gasteiger partial charge is 0.481 e. The maximum Gasteiger partial charge on any atom is 0.338 e. The van der Waals surface area contributed by atoms with Crippen molar-refractivity contribution in [2.45, 2.75) is 19.8 Å². The van der Waals surface area contributed by atoms with Crippen LogP contribution < -0.4 is 5.32 Å². The maximum atomic E-state index is 12.5. The van der Waals surface area contributed by atoms with Gasteiger partial charge in [-0.15, -0.1) is 0 Å². The fourth-order valence-electron chi connectivity index (χ4n) is 2.70. The Morgan fingerprint density at radius 3 is 2.43 bits per heavy atom. The second kappa shape index (κ2) is 7.09. The van der Waals surface area contributed by atoms with Gasteiger partial charge in [0.05, 0.1) is 24.5 Å². The van der Waals surface area contributed by atoms with Crippen molar-refractivity contribution in [3.05, 3.63) is 41.5 Å². The average Bonchev–Trinajstić information content (AvgIpc) is 2.56. The summed E-state index contributed by atoms with van der Waals surface area (Å²) in [4.78, 5) is 35.5. The average molecular weight is 317 g/mol. The van der Waals surface area contributed by atoms with E-state index in [1.807, 2.05) is 6.08 Å². The second-order valence-electron chi connectivity index (χ2n) is 5.45. The summed E-state index contributed by atoms with van der Waals surface area (Å²) in [6.07, 6.45) is 4.33. The lowest BCUT2D eigenvalue weighted by molar-refractivity contribution is -0.146. The van der Waals surface area contributed by atoms with Crippen LogP contribution in [0.15, 0.2) is 30.4 Å². The minimum atomic E-state index is -0.977. The molecule has 1 aromatic carbocycles. The third-order valence-electron chi connectivity index (χ3n) is 4.08. The smallest absolute Gasteiger partial charge is 0.338 e. The van der Waals surface area contributed by atoms with Gasteiger partial charge in [0.2, 0.25) is 5.91 Å². The molecule has 0 saturated heterocycles. The molecule has 1 aliphatic rings. The minimum Gasteiger partial charge on any atom is -0.481 e. The van der Waals surface area contributed by atoms with Crippen LogP contribution in [0.25, 0.3) is 0 Å². The number of carboxylic acid groups (broad SMARTS) is 1. The first-order chi connectivity index (χ1) is 11.0. The number of ether oxygens (including phenoxy) is 1. The summed E-state index contributed by atoms with van der Waals surface area (Å²) in [5.74, 6) is -3.17. The molecule has 0 radical (unpaired) electrons. The van der Waals surface area contributed by atoms with Gasteiger partial charge in [0.15, 0.2) is 0 Å². The highest BCUT2D eigenvalue weighted by Crippen LogP contribution is 2.28. The Morgan fingerprint density at radius 2 is 1.83 bits per heavy atom. The van der Waals surface area contributed by atoms with Gasteiger partial charge < -0.3 is 15.2 Å². The minimum absolute atomic E-state index is 0.342. The Bertz CT molecular complexity index is 665. The monoisotopic (exact) mass is 317 g/mol. The number of nitrogens with one attached hydrogen (secondary N) is 1. The number of rotatable bonds is 4. The Labute approximate surface area is 134 Å². The lowest BCUT2D eigenvalue weighted by atomic mass is 9.82. The predicted octanol–water partition coefficient (Wildman–Crippen LogP) is 2.39. The zero-order valence-corrected chi connectivity index (χ0v) is 13.0. The molecule has 0 bridgehead atoms. The number of amides is 1. The molecule has 6 nitrogen and oxygen atoms in total. The first-order valence-electron chi connectivity index (χ1n) is 7.32. The molecule has 23 heavy (non-hydrogen) atoms. The van der Waals surface area contributed by atoms with Crippen LogP contribution >= 0.6 is 0 Å². The van der Waals surface area contributed by atoms with E-state index in [4.69, 9.17) is 4.74 Å². The van der Waals surface area contributed by atoms with Crippen molar-refractivity contribution in [1.82, 2.24) is 0 Å². The summed E-state index contributed by atoms with van der Waals surface area (Å²) in [7, 11) is 1.29. The Kier molecular flexibility index (Phi) is 5.16. The molecule has 1 aliphatic carbocycles. The molecule has 0 fully saturated rings. The van der Waals surface area contributed by atoms with Crippen molar-refractivity contribution in [3.8, 4) is 0 Å². The maximum absolute atomic E-state index is 12.5. The normalized spacial score (nSPS) is 19.9. The van der Waals surface area contributed by atoms with E-state index in [1.54, 1.807) is 31.2 Å². The van der Waals surface area contributed by atoms with Crippen molar-refractivity contribution in [2.24, 2.45) is 11.8 Å². The number of carboxylic acids is 1. The molecule has 0 aliphatic heterocycles. The quantitative estimate of drug-likeness (QED) is 0.657. The van der Waals surface area contributed by atoms with Gasteiger partial charge in [-0.2, -0.15) is 0 Å². The molecule has 0 saturated carbocycles. The molecule has 2 unspecified atom stereocenters. The number of anilines is 1. The molecule has 2 rings (SSSR count). The van der Waals surface area contributed by atoms with Crippen LogP contribution in [0.2, 0.25) is 0 Å². The van der Waals surface area contributed by atoms with Gasteiger partial charge >= 0.3 is 11.9 Å². The summed E-state index contributed by atoms with van der Waals surface area (Å²) < 4.78 is 4.70. The summed E-state index contributed by atoms with van der Waals surface area (Å²) >= 11 is 0. The van der Waals surface area contributed by atoms with Crippen LogP contribution in [-0.4, -0.2) is 30.1 Å². The van der Waals surface area contributed by atoms with E-state index in [1.165, 1.54) is 7.11 Å². The highest BCUT2D eigenvalue weighted by Gasteiger charge is 2.34. The van der Waals surface area contributed by atoms with Gasteiger partial charge in [-0.25, -0.2) is 4.79 Å². The zero-order chi connectivity index (χ0) is 17.0. The molecule has 2 atom stereocenters. The van der Waals surface area contributed by atoms with Crippen molar-refractivity contribution in [3.63, 3.8) is 0 Å². The van der Waals surface area contributed by atoms with Gasteiger partial charge in [0.25, 0.3) is 0 Å². The highest BCUT2D eigenvalue weighted by atomic mass is 16.5. The van der Waals surface area contributed by atoms with Crippen molar-refractivity contribution in [2.75, 3.05) is 12.4 Å². The van der Waals surface area contributed by atoms with E-state index >= 15 is 0 Å². The second-order valence-corrected chi connectivity index (χ2v) is 5.45. The molecule has 122 valence electrons. The molecule has 1 aromatic rings. The number of methoxy groups -OCH3 is 1. The molecule has 1 amide bonds. The van der Waals surface area contributed by atoms with Gasteiger partial charge in [-0.3, -0.25) is 9.59 Å². The fraction of sp³-hybridized carbons (Fsp3) is 0.353. The van der Waals surface area contributed by atoms with Crippen LogP contribution in [0.4, 0.5) is 5.69 Å². The van der Waals surface area contributed by atoms with E-state index in [2.05, 4.69) is 5.32 Å². The lowest BCUT2D eigenvalue weighted by Crippen LogP contribution is -2.35. The first-order valence-corrected chi connectivity index (χ1v) is 7.32.